The van der Waals surface area contributed by atoms with Crippen molar-refractivity contribution in [1.82, 2.24) is 0 Å². The number of hydrogen-bond donors (Lipinski definition) is 0. The van der Waals surface area contributed by atoms with Crippen LogP contribution in [-0.4, -0.2) is 26.3 Å². The third-order valence-corrected chi connectivity index (χ3v) is 0.903. The van der Waals surface area contributed by atoms with Gasteiger partial charge >= 0.3 is 0 Å². The molecule has 0 aromatic rings. The number of rotatable bonds is 6. The van der Waals surface area contributed by atoms with Crippen LogP contribution in [0.2, 0.25) is 0 Å². The van der Waals surface area contributed by atoms with E-state index in [1.165, 1.54) is 0 Å². The van der Waals surface area contributed by atoms with Crippen LogP contribution in [-0.2, 0) is 4.74 Å². The zero-order chi connectivity index (χ0) is 7.82. The SMILES string of the molecule is FCCCOCCC(F)F. The normalized spacial score (nSPS) is 10.8. The minimum Gasteiger partial charge on any atom is -0.381 e. The maximum atomic E-state index is 11.4. The molecule has 0 amide bonds. The molecule has 0 saturated heterocycles. The van der Waals surface area contributed by atoms with E-state index in [1.54, 1.807) is 0 Å². The van der Waals surface area contributed by atoms with Gasteiger partial charge in [0.2, 0.25) is 6.43 Å². The summed E-state index contributed by atoms with van der Waals surface area (Å²) in [6.07, 6.45) is -2.28. The molecule has 0 fully saturated rings. The molecule has 10 heavy (non-hydrogen) atoms. The first-order chi connectivity index (χ1) is 4.77. The fourth-order valence-corrected chi connectivity index (χ4v) is 0.431. The van der Waals surface area contributed by atoms with Gasteiger partial charge in [0.15, 0.2) is 0 Å². The largest absolute Gasteiger partial charge is 0.381 e. The van der Waals surface area contributed by atoms with Crippen molar-refractivity contribution in [2.75, 3.05) is 19.9 Å². The maximum absolute atomic E-state index is 11.4. The first kappa shape index (κ1) is 9.75. The van der Waals surface area contributed by atoms with E-state index in [0.29, 0.717) is 6.42 Å². The maximum Gasteiger partial charge on any atom is 0.240 e. The third-order valence-electron chi connectivity index (χ3n) is 0.903. The molecule has 1 nitrogen and oxygen atoms in total. The van der Waals surface area contributed by atoms with Crippen molar-refractivity contribution in [3.8, 4) is 0 Å². The van der Waals surface area contributed by atoms with Gasteiger partial charge in [0.05, 0.1) is 13.3 Å². The molecule has 0 aromatic carbocycles. The van der Waals surface area contributed by atoms with Gasteiger partial charge in [0.1, 0.15) is 0 Å². The Morgan fingerprint density at radius 3 is 2.40 bits per heavy atom. The first-order valence-corrected chi connectivity index (χ1v) is 3.19. The molecule has 0 saturated carbocycles. The summed E-state index contributed by atoms with van der Waals surface area (Å²) in [5.41, 5.74) is 0. The van der Waals surface area contributed by atoms with E-state index in [4.69, 9.17) is 0 Å². The fourth-order valence-electron chi connectivity index (χ4n) is 0.431. The van der Waals surface area contributed by atoms with Crippen LogP contribution in [0.3, 0.4) is 0 Å². The average Bonchev–Trinajstić information content (AvgIpc) is 1.87. The molecule has 0 rings (SSSR count). The summed E-state index contributed by atoms with van der Waals surface area (Å²) in [4.78, 5) is 0. The Kier molecular flexibility index (Phi) is 6.69. The van der Waals surface area contributed by atoms with E-state index in [0.717, 1.165) is 0 Å². The Bertz CT molecular complexity index is 68.0. The predicted molar refractivity (Wildman–Crippen MR) is 32.0 cm³/mol. The smallest absolute Gasteiger partial charge is 0.240 e. The molecule has 0 atom stereocenters. The molecule has 0 aliphatic carbocycles. The van der Waals surface area contributed by atoms with Crippen LogP contribution in [0, 0.1) is 0 Å². The van der Waals surface area contributed by atoms with Crippen molar-refractivity contribution in [3.63, 3.8) is 0 Å². The standard InChI is InChI=1S/C6H11F3O/c7-3-1-4-10-5-2-6(8)9/h6H,1-5H2. The van der Waals surface area contributed by atoms with Crippen molar-refractivity contribution in [1.29, 1.82) is 0 Å². The molecule has 62 valence electrons. The zero-order valence-electron chi connectivity index (χ0n) is 5.66. The van der Waals surface area contributed by atoms with Crippen molar-refractivity contribution in [2.45, 2.75) is 19.3 Å². The summed E-state index contributed by atoms with van der Waals surface area (Å²) < 4.78 is 38.8. The van der Waals surface area contributed by atoms with Gasteiger partial charge in [-0.15, -0.1) is 0 Å². The molecule has 0 unspecified atom stereocenters. The van der Waals surface area contributed by atoms with E-state index < -0.39 is 13.1 Å². The molecule has 0 N–H and O–H groups in total. The minimum absolute atomic E-state index is 0.0255. The summed E-state index contributed by atoms with van der Waals surface area (Å²) in [6, 6.07) is 0. The quantitative estimate of drug-likeness (QED) is 0.534. The van der Waals surface area contributed by atoms with Crippen molar-refractivity contribution in [3.05, 3.63) is 0 Å². The van der Waals surface area contributed by atoms with Gasteiger partial charge in [-0.25, -0.2) is 8.78 Å². The van der Waals surface area contributed by atoms with E-state index in [1.807, 2.05) is 0 Å². The second-order valence-electron chi connectivity index (χ2n) is 1.83. The summed E-state index contributed by atoms with van der Waals surface area (Å²) in [7, 11) is 0. The van der Waals surface area contributed by atoms with Crippen LogP contribution in [0.25, 0.3) is 0 Å². The molecule has 0 bridgehead atoms. The number of alkyl halides is 3. The van der Waals surface area contributed by atoms with Gasteiger partial charge in [-0.3, -0.25) is 4.39 Å². The highest BCUT2D eigenvalue weighted by molar-refractivity contribution is 4.38. The summed E-state index contributed by atoms with van der Waals surface area (Å²) in [5.74, 6) is 0. The lowest BCUT2D eigenvalue weighted by Crippen LogP contribution is -2.02. The van der Waals surface area contributed by atoms with Gasteiger partial charge in [-0.05, 0) is 6.42 Å². The second kappa shape index (κ2) is 6.86. The minimum atomic E-state index is -2.31. The van der Waals surface area contributed by atoms with Crippen LogP contribution >= 0.6 is 0 Å². The van der Waals surface area contributed by atoms with E-state index in [9.17, 15) is 13.2 Å². The highest BCUT2D eigenvalue weighted by atomic mass is 19.3. The van der Waals surface area contributed by atoms with Crippen molar-refractivity contribution >= 4 is 0 Å². The van der Waals surface area contributed by atoms with Crippen LogP contribution in [0.1, 0.15) is 12.8 Å². The third kappa shape index (κ3) is 7.75. The molecule has 0 heterocycles. The van der Waals surface area contributed by atoms with Gasteiger partial charge in [-0.2, -0.15) is 0 Å². The lowest BCUT2D eigenvalue weighted by atomic mass is 10.5. The van der Waals surface area contributed by atoms with Gasteiger partial charge in [0, 0.05) is 13.0 Å². The average molecular weight is 156 g/mol. The number of halogens is 3. The summed E-state index contributed by atoms with van der Waals surface area (Å²) in [6.45, 7) is -0.185. The highest BCUT2D eigenvalue weighted by Gasteiger charge is 2.00. The van der Waals surface area contributed by atoms with Crippen LogP contribution in [0.15, 0.2) is 0 Å². The molecule has 0 spiro atoms. The van der Waals surface area contributed by atoms with E-state index >= 15 is 0 Å². The molecule has 0 aliphatic heterocycles. The molecule has 0 radical (unpaired) electrons. The summed E-state index contributed by atoms with van der Waals surface area (Å²) >= 11 is 0. The van der Waals surface area contributed by atoms with Gasteiger partial charge in [0.25, 0.3) is 0 Å². The van der Waals surface area contributed by atoms with Gasteiger partial charge in [-0.1, -0.05) is 0 Å². The fraction of sp³-hybridized carbons (Fsp3) is 1.00. The topological polar surface area (TPSA) is 9.23 Å². The lowest BCUT2D eigenvalue weighted by molar-refractivity contribution is 0.0641. The number of ether oxygens (including phenoxy) is 1. The summed E-state index contributed by atoms with van der Waals surface area (Å²) in [5, 5.41) is 0. The molecule has 0 aliphatic rings. The molecular weight excluding hydrogens is 145 g/mol. The van der Waals surface area contributed by atoms with Crippen molar-refractivity contribution in [2.24, 2.45) is 0 Å². The monoisotopic (exact) mass is 156 g/mol. The molecule has 0 aromatic heterocycles. The van der Waals surface area contributed by atoms with Crippen molar-refractivity contribution < 1.29 is 17.9 Å². The Hall–Kier alpha value is -0.250. The Morgan fingerprint density at radius 1 is 1.20 bits per heavy atom. The number of hydrogen-bond acceptors (Lipinski definition) is 1. The molecular formula is C6H11F3O. The van der Waals surface area contributed by atoms with Crippen LogP contribution < -0.4 is 0 Å². The molecule has 4 heteroatoms. The van der Waals surface area contributed by atoms with Gasteiger partial charge < -0.3 is 4.74 Å². The highest BCUT2D eigenvalue weighted by Crippen LogP contribution is 1.98. The first-order valence-electron chi connectivity index (χ1n) is 3.19. The zero-order valence-corrected chi connectivity index (χ0v) is 5.66. The van der Waals surface area contributed by atoms with E-state index in [-0.39, 0.29) is 19.6 Å². The van der Waals surface area contributed by atoms with E-state index in [2.05, 4.69) is 4.74 Å². The second-order valence-corrected chi connectivity index (χ2v) is 1.83. The lowest BCUT2D eigenvalue weighted by Gasteiger charge is -2.00. The Morgan fingerprint density at radius 2 is 1.90 bits per heavy atom. The Labute approximate surface area is 58.2 Å². The van der Waals surface area contributed by atoms with Crippen LogP contribution in [0.5, 0.6) is 0 Å². The predicted octanol–water partition coefficient (Wildman–Crippen LogP) is 2.02. The van der Waals surface area contributed by atoms with Crippen LogP contribution in [0.4, 0.5) is 13.2 Å². The Balaban J connectivity index is 2.77.